The number of rotatable bonds is 14. The smallest absolute Gasteiger partial charge is 0.872 e. The third kappa shape index (κ3) is 10.9. The fourth-order valence-electron chi connectivity index (χ4n) is 3.48. The number of hydrogen-bond acceptors (Lipinski definition) is 4. The van der Waals surface area contributed by atoms with Gasteiger partial charge in [-0.2, -0.15) is 8.42 Å². The van der Waals surface area contributed by atoms with Crippen LogP contribution in [0.25, 0.3) is 0 Å². The van der Waals surface area contributed by atoms with Gasteiger partial charge < -0.3 is 9.84 Å². The average Bonchev–Trinajstić information content (AvgIpc) is 2.69. The molecule has 0 aliphatic rings. The fraction of sp³-hybridized carbons (Fsp3) is 0.500. The van der Waals surface area contributed by atoms with E-state index in [-0.39, 0.29) is 40.2 Å². The van der Waals surface area contributed by atoms with Crippen molar-refractivity contribution in [3.8, 4) is 17.2 Å². The van der Waals surface area contributed by atoms with Crippen molar-refractivity contribution in [1.29, 1.82) is 0 Å². The normalized spacial score (nSPS) is 11.2. The van der Waals surface area contributed by atoms with E-state index in [9.17, 15) is 18.1 Å². The van der Waals surface area contributed by atoms with E-state index < -0.39 is 10.1 Å². The van der Waals surface area contributed by atoms with Crippen LogP contribution in [0.2, 0.25) is 0 Å². The molecule has 0 bridgehead atoms. The molecule has 0 fully saturated rings. The summed E-state index contributed by atoms with van der Waals surface area (Å²) in [7, 11) is -4.28. The van der Waals surface area contributed by atoms with Crippen LogP contribution >= 0.6 is 0 Å². The molecule has 7 heteroatoms. The van der Waals surface area contributed by atoms with E-state index in [1.54, 1.807) is 12.1 Å². The van der Waals surface area contributed by atoms with Crippen LogP contribution in [-0.4, -0.2) is 13.0 Å². The van der Waals surface area contributed by atoms with E-state index >= 15 is 0 Å². The molecule has 2 rings (SSSR count). The zero-order valence-corrected chi connectivity index (χ0v) is 21.6. The van der Waals surface area contributed by atoms with Gasteiger partial charge in [0.15, 0.2) is 0 Å². The Kier molecular flexibility index (Phi) is 13.5. The third-order valence-electron chi connectivity index (χ3n) is 5.16. The van der Waals surface area contributed by atoms with Crippen LogP contribution in [0.4, 0.5) is 0 Å². The summed E-state index contributed by atoms with van der Waals surface area (Å²) in [5.74, 6) is 0.758. The van der Waals surface area contributed by atoms with Crippen molar-refractivity contribution in [3.63, 3.8) is 0 Å². The summed E-state index contributed by atoms with van der Waals surface area (Å²) < 4.78 is 38.2. The Morgan fingerprint density at radius 1 is 0.871 bits per heavy atom. The monoisotopic (exact) mass is 456 g/mol. The van der Waals surface area contributed by atoms with Gasteiger partial charge >= 0.3 is 29.6 Å². The van der Waals surface area contributed by atoms with Crippen LogP contribution in [0.1, 0.15) is 76.7 Å². The molecule has 166 valence electrons. The predicted molar refractivity (Wildman–Crippen MR) is 118 cm³/mol. The van der Waals surface area contributed by atoms with Crippen LogP contribution in [0.15, 0.2) is 47.4 Å². The molecule has 0 radical (unpaired) electrons. The number of ether oxygens (including phenoxy) is 1. The molecule has 0 aliphatic heterocycles. The van der Waals surface area contributed by atoms with Crippen LogP contribution in [0.3, 0.4) is 0 Å². The maximum Gasteiger partial charge on any atom is 1.00 e. The summed E-state index contributed by atoms with van der Waals surface area (Å²) in [6.45, 7) is 2.23. The molecule has 0 heterocycles. The Bertz CT molecular complexity index is 883. The summed E-state index contributed by atoms with van der Waals surface area (Å²) in [5, 5.41) is 11.5. The maximum atomic E-state index is 11.5. The van der Waals surface area contributed by atoms with Gasteiger partial charge in [-0.3, -0.25) is 4.55 Å². The van der Waals surface area contributed by atoms with E-state index in [2.05, 4.69) is 6.92 Å². The first-order valence-corrected chi connectivity index (χ1v) is 12.4. The average molecular weight is 457 g/mol. The molecule has 0 amide bonds. The first kappa shape index (κ1) is 28.0. The van der Waals surface area contributed by atoms with Crippen molar-refractivity contribution in [2.75, 3.05) is 0 Å². The Morgan fingerprint density at radius 3 is 2.06 bits per heavy atom. The standard InChI is InChI=1S/C24H34O5S.Na/c1-2-3-4-5-6-7-8-9-10-11-13-20-18-23(30(26,27)28)16-17-24(20)29-22-15-12-14-21(25)19-22;/h12,14-19,25H,2-11,13H2,1H3,(H,26,27,28);/q;+1/p-1. The van der Waals surface area contributed by atoms with Crippen molar-refractivity contribution in [3.05, 3.63) is 48.0 Å². The van der Waals surface area contributed by atoms with Gasteiger partial charge in [0.2, 0.25) is 0 Å². The van der Waals surface area contributed by atoms with Crippen molar-refractivity contribution >= 4 is 10.1 Å². The SMILES string of the molecule is CCCCCCCCCCCCc1cc(S(=O)(=O)O)ccc1Oc1cccc([O-])c1.[Na+]. The van der Waals surface area contributed by atoms with Gasteiger partial charge in [-0.05, 0) is 48.7 Å². The number of unbranched alkanes of at least 4 members (excludes halogenated alkanes) is 9. The van der Waals surface area contributed by atoms with Gasteiger partial charge in [0.05, 0.1) is 4.90 Å². The molecule has 31 heavy (non-hydrogen) atoms. The van der Waals surface area contributed by atoms with E-state index in [1.165, 1.54) is 75.3 Å². The molecule has 0 atom stereocenters. The zero-order chi connectivity index (χ0) is 21.8. The Balaban J connectivity index is 0.00000480. The summed E-state index contributed by atoms with van der Waals surface area (Å²) >= 11 is 0. The van der Waals surface area contributed by atoms with E-state index in [4.69, 9.17) is 4.74 Å². The molecular formula is C24H33NaO5S. The van der Waals surface area contributed by atoms with Gasteiger partial charge in [0, 0.05) is 0 Å². The first-order valence-electron chi connectivity index (χ1n) is 11.0. The van der Waals surface area contributed by atoms with Crippen molar-refractivity contribution in [2.45, 2.75) is 82.4 Å². The predicted octanol–water partition coefficient (Wildman–Crippen LogP) is 3.27. The minimum Gasteiger partial charge on any atom is -0.872 e. The second kappa shape index (κ2) is 14.9. The van der Waals surface area contributed by atoms with Crippen molar-refractivity contribution in [1.82, 2.24) is 0 Å². The van der Waals surface area contributed by atoms with Gasteiger partial charge in [0.1, 0.15) is 11.5 Å². The van der Waals surface area contributed by atoms with E-state index in [0.717, 1.165) is 19.3 Å². The molecule has 0 unspecified atom stereocenters. The molecule has 5 nitrogen and oxygen atoms in total. The molecule has 0 aliphatic carbocycles. The molecule has 2 aromatic carbocycles. The molecule has 0 saturated carbocycles. The van der Waals surface area contributed by atoms with Gasteiger partial charge in [0.25, 0.3) is 10.1 Å². The zero-order valence-electron chi connectivity index (χ0n) is 18.8. The van der Waals surface area contributed by atoms with E-state index in [0.29, 0.717) is 23.5 Å². The van der Waals surface area contributed by atoms with Crippen LogP contribution in [0.5, 0.6) is 17.2 Å². The minimum atomic E-state index is -4.28. The molecular weight excluding hydrogens is 423 g/mol. The molecule has 1 N–H and O–H groups in total. The Labute approximate surface area is 209 Å². The molecule has 0 aromatic heterocycles. The number of hydrogen-bond donors (Lipinski definition) is 1. The second-order valence-corrected chi connectivity index (χ2v) is 9.18. The van der Waals surface area contributed by atoms with Gasteiger partial charge in [-0.15, -0.1) is 5.75 Å². The van der Waals surface area contributed by atoms with Crippen LogP contribution in [-0.2, 0) is 16.5 Å². The topological polar surface area (TPSA) is 86.7 Å². The van der Waals surface area contributed by atoms with Gasteiger partial charge in [-0.25, -0.2) is 0 Å². The summed E-state index contributed by atoms with van der Waals surface area (Å²) in [5.41, 5.74) is 0.709. The first-order chi connectivity index (χ1) is 14.4. The third-order valence-corrected chi connectivity index (χ3v) is 6.01. The minimum absolute atomic E-state index is 0. The summed E-state index contributed by atoms with van der Waals surface area (Å²) in [6.07, 6.45) is 12.8. The summed E-state index contributed by atoms with van der Waals surface area (Å²) in [6, 6.07) is 10.4. The summed E-state index contributed by atoms with van der Waals surface area (Å²) in [4.78, 5) is -0.144. The van der Waals surface area contributed by atoms with Crippen LogP contribution in [0, 0.1) is 0 Å². The maximum absolute atomic E-state index is 11.5. The second-order valence-electron chi connectivity index (χ2n) is 7.75. The van der Waals surface area contributed by atoms with Crippen LogP contribution < -0.4 is 39.4 Å². The largest absolute Gasteiger partial charge is 1.00 e. The van der Waals surface area contributed by atoms with Gasteiger partial charge in [-0.1, -0.05) is 76.8 Å². The quantitative estimate of drug-likeness (QED) is 0.268. The molecule has 0 saturated heterocycles. The van der Waals surface area contributed by atoms with Crippen molar-refractivity contribution < 1.29 is 52.4 Å². The Hall–Kier alpha value is -1.05. The fourth-order valence-corrected chi connectivity index (χ4v) is 4.01. The van der Waals surface area contributed by atoms with Crippen molar-refractivity contribution in [2.24, 2.45) is 0 Å². The molecule has 2 aromatic rings. The molecule has 0 spiro atoms. The number of benzene rings is 2. The Morgan fingerprint density at radius 2 is 1.48 bits per heavy atom. The number of aryl methyl sites for hydroxylation is 1. The van der Waals surface area contributed by atoms with E-state index in [1.807, 2.05) is 0 Å².